The zero-order chi connectivity index (χ0) is 17.3. The molecule has 2 heterocycles. The van der Waals surface area contributed by atoms with E-state index in [0.29, 0.717) is 12.0 Å². The van der Waals surface area contributed by atoms with Crippen LogP contribution in [0.1, 0.15) is 48.0 Å². The molecule has 0 unspecified atom stereocenters. The van der Waals surface area contributed by atoms with Gasteiger partial charge in [-0.05, 0) is 44.9 Å². The van der Waals surface area contributed by atoms with Gasteiger partial charge < -0.3 is 10.1 Å². The number of benzene rings is 1. The lowest BCUT2D eigenvalue weighted by molar-refractivity contribution is 0.0888. The van der Waals surface area contributed by atoms with Crippen LogP contribution in [-0.2, 0) is 11.8 Å². The predicted molar refractivity (Wildman–Crippen MR) is 97.4 cm³/mol. The smallest absolute Gasteiger partial charge is 0.0901 e. The van der Waals surface area contributed by atoms with Crippen LogP contribution in [0.4, 0.5) is 0 Å². The van der Waals surface area contributed by atoms with Crippen molar-refractivity contribution in [1.82, 2.24) is 15.1 Å². The molecular weight excluding hydrogens is 322 g/mol. The average molecular weight is 348 g/mol. The Morgan fingerprint density at radius 2 is 2.04 bits per heavy atom. The molecule has 1 fully saturated rings. The Bertz CT molecular complexity index is 695. The van der Waals surface area contributed by atoms with Crippen molar-refractivity contribution >= 4 is 11.6 Å². The topological polar surface area (TPSA) is 39.1 Å². The minimum absolute atomic E-state index is 0.142. The van der Waals surface area contributed by atoms with Gasteiger partial charge in [-0.1, -0.05) is 23.7 Å². The molecule has 1 N–H and O–H groups in total. The summed E-state index contributed by atoms with van der Waals surface area (Å²) in [4.78, 5) is 0. The van der Waals surface area contributed by atoms with Crippen molar-refractivity contribution in [3.63, 3.8) is 0 Å². The van der Waals surface area contributed by atoms with E-state index in [-0.39, 0.29) is 6.10 Å². The maximum Gasteiger partial charge on any atom is 0.0901 e. The van der Waals surface area contributed by atoms with E-state index in [1.165, 1.54) is 16.8 Å². The summed E-state index contributed by atoms with van der Waals surface area (Å²) in [7, 11) is 2.00. The van der Waals surface area contributed by atoms with Gasteiger partial charge in [-0.15, -0.1) is 0 Å². The fourth-order valence-electron chi connectivity index (χ4n) is 3.56. The molecule has 0 radical (unpaired) electrons. The Labute approximate surface area is 149 Å². The summed E-state index contributed by atoms with van der Waals surface area (Å²) in [5.41, 5.74) is 4.80. The molecule has 3 rings (SSSR count). The molecule has 0 bridgehead atoms. The van der Waals surface area contributed by atoms with E-state index >= 15 is 0 Å². The molecule has 0 spiro atoms. The van der Waals surface area contributed by atoms with Crippen LogP contribution in [0.15, 0.2) is 24.3 Å². The highest BCUT2D eigenvalue weighted by Gasteiger charge is 2.33. The van der Waals surface area contributed by atoms with Crippen LogP contribution in [0.3, 0.4) is 0 Å². The summed E-state index contributed by atoms with van der Waals surface area (Å²) < 4.78 is 8.02. The van der Waals surface area contributed by atoms with E-state index in [2.05, 4.69) is 43.3 Å². The Morgan fingerprint density at radius 3 is 2.67 bits per heavy atom. The zero-order valence-corrected chi connectivity index (χ0v) is 15.6. The summed E-state index contributed by atoms with van der Waals surface area (Å²) in [6, 6.07) is 8.34. The molecule has 130 valence electrons. The van der Waals surface area contributed by atoms with E-state index in [0.717, 1.165) is 30.3 Å². The second-order valence-electron chi connectivity index (χ2n) is 6.73. The van der Waals surface area contributed by atoms with Gasteiger partial charge in [0.2, 0.25) is 0 Å². The van der Waals surface area contributed by atoms with E-state index in [1.54, 1.807) is 0 Å². The highest BCUT2D eigenvalue weighted by molar-refractivity contribution is 6.30. The third-order valence-corrected chi connectivity index (χ3v) is 5.37. The van der Waals surface area contributed by atoms with Gasteiger partial charge in [0.1, 0.15) is 0 Å². The molecule has 2 aromatic rings. The number of nitrogens with one attached hydrogen (secondary N) is 1. The fraction of sp³-hybridized carbons (Fsp3) is 0.526. The summed E-state index contributed by atoms with van der Waals surface area (Å²) in [5, 5.41) is 8.98. The van der Waals surface area contributed by atoms with Crippen LogP contribution in [0.5, 0.6) is 0 Å². The van der Waals surface area contributed by atoms with Gasteiger partial charge in [-0.3, -0.25) is 4.68 Å². The van der Waals surface area contributed by atoms with E-state index in [4.69, 9.17) is 16.3 Å². The molecule has 1 aromatic heterocycles. The molecule has 0 amide bonds. The molecule has 1 aliphatic heterocycles. The van der Waals surface area contributed by atoms with Crippen molar-refractivity contribution in [2.75, 3.05) is 13.2 Å². The molecule has 0 aliphatic carbocycles. The van der Waals surface area contributed by atoms with Gasteiger partial charge in [-0.25, -0.2) is 0 Å². The second kappa shape index (κ2) is 7.26. The summed E-state index contributed by atoms with van der Waals surface area (Å²) in [6.07, 6.45) is 1.22. The largest absolute Gasteiger partial charge is 0.373 e. The fourth-order valence-corrected chi connectivity index (χ4v) is 3.69. The lowest BCUT2D eigenvalue weighted by atomic mass is 9.93. The van der Waals surface area contributed by atoms with Gasteiger partial charge in [0.15, 0.2) is 0 Å². The summed E-state index contributed by atoms with van der Waals surface area (Å²) >= 11 is 5.97. The first kappa shape index (κ1) is 17.5. The lowest BCUT2D eigenvalue weighted by Gasteiger charge is -2.22. The monoisotopic (exact) mass is 347 g/mol. The quantitative estimate of drug-likeness (QED) is 0.884. The van der Waals surface area contributed by atoms with Crippen LogP contribution in [-0.4, -0.2) is 22.9 Å². The molecule has 1 saturated heterocycles. The zero-order valence-electron chi connectivity index (χ0n) is 14.8. The van der Waals surface area contributed by atoms with Gasteiger partial charge >= 0.3 is 0 Å². The Kier molecular flexibility index (Phi) is 5.28. The molecule has 24 heavy (non-hydrogen) atoms. The Balaban J connectivity index is 1.67. The minimum atomic E-state index is 0.142. The maximum absolute atomic E-state index is 6.07. The van der Waals surface area contributed by atoms with Crippen LogP contribution in [0.2, 0.25) is 5.02 Å². The van der Waals surface area contributed by atoms with Gasteiger partial charge in [0.05, 0.1) is 11.8 Å². The summed E-state index contributed by atoms with van der Waals surface area (Å²) in [5.74, 6) is 0.473. The average Bonchev–Trinajstić information content (AvgIpc) is 3.10. The van der Waals surface area contributed by atoms with Crippen LogP contribution in [0, 0.1) is 19.8 Å². The van der Waals surface area contributed by atoms with Crippen molar-refractivity contribution in [1.29, 1.82) is 0 Å². The number of aryl methyl sites for hydroxylation is 2. The highest BCUT2D eigenvalue weighted by Crippen LogP contribution is 2.37. The molecular formula is C19H26ClN3O. The number of rotatable bonds is 5. The van der Waals surface area contributed by atoms with Gasteiger partial charge in [-0.2, -0.15) is 5.10 Å². The van der Waals surface area contributed by atoms with E-state index < -0.39 is 0 Å². The standard InChI is InChI=1S/C19H26ClN3O/c1-12(15-5-7-17(20)8-6-15)21-11-16-9-10-24-19(16)18-13(2)22-23(4)14(18)3/h5-8,12,16,19,21H,9-11H2,1-4H3/t12-,16-,19-/m1/s1. The molecule has 1 aromatic carbocycles. The summed E-state index contributed by atoms with van der Waals surface area (Å²) in [6.45, 7) is 8.14. The number of hydrogen-bond acceptors (Lipinski definition) is 3. The van der Waals surface area contributed by atoms with E-state index in [9.17, 15) is 0 Å². The number of ether oxygens (including phenoxy) is 1. The number of hydrogen-bond donors (Lipinski definition) is 1. The predicted octanol–water partition coefficient (Wildman–Crippen LogP) is 4.12. The highest BCUT2D eigenvalue weighted by atomic mass is 35.5. The minimum Gasteiger partial charge on any atom is -0.373 e. The van der Waals surface area contributed by atoms with Crippen molar-refractivity contribution in [2.24, 2.45) is 13.0 Å². The Morgan fingerprint density at radius 1 is 1.33 bits per heavy atom. The van der Waals surface area contributed by atoms with Gasteiger partial charge in [0.25, 0.3) is 0 Å². The van der Waals surface area contributed by atoms with Crippen molar-refractivity contribution in [2.45, 2.75) is 39.3 Å². The second-order valence-corrected chi connectivity index (χ2v) is 7.17. The third kappa shape index (κ3) is 3.51. The van der Waals surface area contributed by atoms with Crippen molar-refractivity contribution < 1.29 is 4.74 Å². The lowest BCUT2D eigenvalue weighted by Crippen LogP contribution is -2.27. The normalized spacial score (nSPS) is 22.0. The van der Waals surface area contributed by atoms with Crippen LogP contribution < -0.4 is 5.32 Å². The number of aromatic nitrogens is 2. The van der Waals surface area contributed by atoms with Crippen molar-refractivity contribution in [3.05, 3.63) is 51.8 Å². The third-order valence-electron chi connectivity index (χ3n) is 5.12. The first-order chi connectivity index (χ1) is 11.5. The van der Waals surface area contributed by atoms with E-state index in [1.807, 2.05) is 23.9 Å². The van der Waals surface area contributed by atoms with Crippen LogP contribution in [0.25, 0.3) is 0 Å². The number of nitrogens with zero attached hydrogens (tertiary/aromatic N) is 2. The van der Waals surface area contributed by atoms with Crippen molar-refractivity contribution in [3.8, 4) is 0 Å². The molecule has 3 atom stereocenters. The first-order valence-electron chi connectivity index (χ1n) is 8.58. The molecule has 1 aliphatic rings. The maximum atomic E-state index is 6.07. The molecule has 4 nitrogen and oxygen atoms in total. The molecule has 5 heteroatoms. The van der Waals surface area contributed by atoms with Gasteiger partial charge in [0, 0.05) is 48.4 Å². The SMILES string of the molecule is Cc1nn(C)c(C)c1[C@@H]1OCC[C@@H]1CN[C@H](C)c1ccc(Cl)cc1. The van der Waals surface area contributed by atoms with Crippen LogP contribution >= 0.6 is 11.6 Å². The first-order valence-corrected chi connectivity index (χ1v) is 8.95. The Hall–Kier alpha value is -1.36. The molecule has 0 saturated carbocycles. The number of halogens is 1.